The molecule has 0 saturated carbocycles. The molecule has 0 amide bonds. The minimum atomic E-state index is 0.509. The average Bonchev–Trinajstić information content (AvgIpc) is 3.08. The lowest BCUT2D eigenvalue weighted by Crippen LogP contribution is -2.10. The number of aryl methyl sites for hydroxylation is 2. The Kier molecular flexibility index (Phi) is 6.07. The quantitative estimate of drug-likeness (QED) is 0.641. The van der Waals surface area contributed by atoms with Gasteiger partial charge in [0.1, 0.15) is 12.4 Å². The molecule has 136 valence electrons. The highest BCUT2D eigenvalue weighted by Gasteiger charge is 2.09. The van der Waals surface area contributed by atoms with Crippen LogP contribution in [0.15, 0.2) is 42.5 Å². The molecule has 0 unspecified atom stereocenters. The molecule has 3 rings (SSSR count). The number of rotatable bonds is 8. The van der Waals surface area contributed by atoms with Crippen LogP contribution in [0.1, 0.15) is 30.0 Å². The van der Waals surface area contributed by atoms with E-state index in [1.54, 1.807) is 4.68 Å². The Labute approximate surface area is 158 Å². The largest absolute Gasteiger partial charge is 0.489 e. The molecule has 7 heteroatoms. The number of aromatic nitrogens is 4. The first-order valence-corrected chi connectivity index (χ1v) is 9.01. The number of hydrogen-bond donors (Lipinski definition) is 1. The van der Waals surface area contributed by atoms with Gasteiger partial charge < -0.3 is 10.1 Å². The van der Waals surface area contributed by atoms with E-state index in [2.05, 4.69) is 46.8 Å². The van der Waals surface area contributed by atoms with Crippen molar-refractivity contribution < 1.29 is 4.74 Å². The summed E-state index contributed by atoms with van der Waals surface area (Å²) in [5, 5.41) is 15.7. The van der Waals surface area contributed by atoms with Crippen LogP contribution in [0.4, 0.5) is 5.95 Å². The maximum Gasteiger partial charge on any atom is 0.243 e. The molecule has 3 aromatic rings. The van der Waals surface area contributed by atoms with Gasteiger partial charge in [-0.2, -0.15) is 0 Å². The van der Waals surface area contributed by atoms with Crippen molar-refractivity contribution in [3.05, 3.63) is 64.2 Å². The fourth-order valence-electron chi connectivity index (χ4n) is 2.62. The molecule has 1 heterocycles. The Hall–Kier alpha value is -2.60. The van der Waals surface area contributed by atoms with Crippen molar-refractivity contribution in [2.45, 2.75) is 40.0 Å². The second-order valence-corrected chi connectivity index (χ2v) is 6.48. The van der Waals surface area contributed by atoms with Crippen LogP contribution in [0.25, 0.3) is 0 Å². The summed E-state index contributed by atoms with van der Waals surface area (Å²) in [6, 6.07) is 13.8. The van der Waals surface area contributed by atoms with Gasteiger partial charge in [0, 0.05) is 23.7 Å². The molecule has 0 atom stereocenters. The smallest absolute Gasteiger partial charge is 0.243 e. The number of ether oxygens (including phenoxy) is 1. The van der Waals surface area contributed by atoms with Crippen molar-refractivity contribution in [1.29, 1.82) is 0 Å². The Bertz CT molecular complexity index is 865. The minimum Gasteiger partial charge on any atom is -0.489 e. The SMILES string of the molecule is CCCn1nnnc1NCc1cc(Cl)ccc1OCc1ccccc1C. The number of halogens is 1. The van der Waals surface area contributed by atoms with Gasteiger partial charge in [0.15, 0.2) is 0 Å². The lowest BCUT2D eigenvalue weighted by atomic mass is 10.1. The molecule has 1 N–H and O–H groups in total. The predicted molar refractivity (Wildman–Crippen MR) is 102 cm³/mol. The van der Waals surface area contributed by atoms with Crippen molar-refractivity contribution in [2.75, 3.05) is 5.32 Å². The van der Waals surface area contributed by atoms with Crippen molar-refractivity contribution in [2.24, 2.45) is 0 Å². The van der Waals surface area contributed by atoms with E-state index in [9.17, 15) is 0 Å². The van der Waals surface area contributed by atoms with Crippen LogP contribution >= 0.6 is 11.6 Å². The van der Waals surface area contributed by atoms with Gasteiger partial charge in [-0.3, -0.25) is 0 Å². The molecule has 1 aromatic heterocycles. The number of tetrazole rings is 1. The normalized spacial score (nSPS) is 10.7. The first-order chi connectivity index (χ1) is 12.7. The summed E-state index contributed by atoms with van der Waals surface area (Å²) in [6.45, 7) is 5.96. The van der Waals surface area contributed by atoms with Gasteiger partial charge in [-0.1, -0.05) is 47.9 Å². The highest BCUT2D eigenvalue weighted by molar-refractivity contribution is 6.30. The molecular weight excluding hydrogens is 350 g/mol. The molecule has 0 aliphatic carbocycles. The maximum absolute atomic E-state index is 6.17. The summed E-state index contributed by atoms with van der Waals surface area (Å²) in [5.74, 6) is 1.43. The lowest BCUT2D eigenvalue weighted by molar-refractivity contribution is 0.302. The maximum atomic E-state index is 6.17. The third kappa shape index (κ3) is 4.52. The molecule has 0 aliphatic rings. The summed E-state index contributed by atoms with van der Waals surface area (Å²) in [4.78, 5) is 0. The minimum absolute atomic E-state index is 0.509. The number of nitrogens with one attached hydrogen (secondary N) is 1. The molecule has 0 aliphatic heterocycles. The summed E-state index contributed by atoms with van der Waals surface area (Å²) in [5.41, 5.74) is 3.32. The van der Waals surface area contributed by atoms with Gasteiger partial charge in [-0.25, -0.2) is 4.68 Å². The highest BCUT2D eigenvalue weighted by Crippen LogP contribution is 2.25. The second-order valence-electron chi connectivity index (χ2n) is 6.05. The van der Waals surface area contributed by atoms with Crippen LogP contribution < -0.4 is 10.1 Å². The lowest BCUT2D eigenvalue weighted by Gasteiger charge is -2.14. The van der Waals surface area contributed by atoms with Crippen LogP contribution in [-0.4, -0.2) is 20.2 Å². The summed E-state index contributed by atoms with van der Waals surface area (Å²) in [7, 11) is 0. The van der Waals surface area contributed by atoms with Crippen molar-refractivity contribution in [1.82, 2.24) is 20.2 Å². The Morgan fingerprint density at radius 1 is 1.15 bits per heavy atom. The number of anilines is 1. The predicted octanol–water partition coefficient (Wildman–Crippen LogP) is 4.24. The highest BCUT2D eigenvalue weighted by atomic mass is 35.5. The van der Waals surface area contributed by atoms with Crippen LogP contribution in [0.3, 0.4) is 0 Å². The van der Waals surface area contributed by atoms with E-state index >= 15 is 0 Å². The van der Waals surface area contributed by atoms with Gasteiger partial charge >= 0.3 is 0 Å². The zero-order chi connectivity index (χ0) is 18.4. The third-order valence-corrected chi connectivity index (χ3v) is 4.31. The van der Waals surface area contributed by atoms with Crippen molar-refractivity contribution >= 4 is 17.5 Å². The average molecular weight is 372 g/mol. The van der Waals surface area contributed by atoms with Crippen LogP contribution in [-0.2, 0) is 19.7 Å². The van der Waals surface area contributed by atoms with Crippen LogP contribution in [0.2, 0.25) is 5.02 Å². The zero-order valence-corrected chi connectivity index (χ0v) is 15.7. The molecule has 0 fully saturated rings. The van der Waals surface area contributed by atoms with E-state index in [4.69, 9.17) is 16.3 Å². The fraction of sp³-hybridized carbons (Fsp3) is 0.316. The Balaban J connectivity index is 1.71. The van der Waals surface area contributed by atoms with Gasteiger partial charge in [-0.15, -0.1) is 0 Å². The molecule has 0 spiro atoms. The molecule has 0 saturated heterocycles. The van der Waals surface area contributed by atoms with E-state index in [1.807, 2.05) is 30.3 Å². The van der Waals surface area contributed by atoms with Crippen molar-refractivity contribution in [3.8, 4) is 5.75 Å². The van der Waals surface area contributed by atoms with E-state index in [0.29, 0.717) is 24.1 Å². The van der Waals surface area contributed by atoms with Crippen LogP contribution in [0, 0.1) is 6.92 Å². The molecule has 6 nitrogen and oxygen atoms in total. The number of benzene rings is 2. The van der Waals surface area contributed by atoms with Gasteiger partial charge in [0.25, 0.3) is 0 Å². The first-order valence-electron chi connectivity index (χ1n) is 8.63. The van der Waals surface area contributed by atoms with Gasteiger partial charge in [-0.05, 0) is 53.1 Å². The second kappa shape index (κ2) is 8.67. The van der Waals surface area contributed by atoms with Gasteiger partial charge in [0.2, 0.25) is 5.95 Å². The topological polar surface area (TPSA) is 64.9 Å². The van der Waals surface area contributed by atoms with E-state index in [1.165, 1.54) is 5.56 Å². The molecule has 2 aromatic carbocycles. The number of hydrogen-bond acceptors (Lipinski definition) is 5. The zero-order valence-electron chi connectivity index (χ0n) is 14.9. The monoisotopic (exact) mass is 371 g/mol. The van der Waals surface area contributed by atoms with Crippen LogP contribution in [0.5, 0.6) is 5.75 Å². The first kappa shape index (κ1) is 18.2. The summed E-state index contributed by atoms with van der Waals surface area (Å²) in [6.07, 6.45) is 0.960. The van der Waals surface area contributed by atoms with E-state index < -0.39 is 0 Å². The summed E-state index contributed by atoms with van der Waals surface area (Å²) < 4.78 is 7.80. The van der Waals surface area contributed by atoms with E-state index in [0.717, 1.165) is 29.8 Å². The molecular formula is C19H22ClN5O. The Morgan fingerprint density at radius 2 is 2.00 bits per heavy atom. The molecule has 0 radical (unpaired) electrons. The molecule has 26 heavy (non-hydrogen) atoms. The fourth-order valence-corrected chi connectivity index (χ4v) is 2.82. The van der Waals surface area contributed by atoms with Crippen molar-refractivity contribution in [3.63, 3.8) is 0 Å². The standard InChI is InChI=1S/C19H22ClN5O/c1-3-10-25-19(22-23-24-25)21-12-16-11-17(20)8-9-18(16)26-13-15-7-5-4-6-14(15)2/h4-9,11H,3,10,12-13H2,1-2H3,(H,21,22,24). The summed E-state index contributed by atoms with van der Waals surface area (Å²) >= 11 is 6.17. The van der Waals surface area contributed by atoms with E-state index in [-0.39, 0.29) is 0 Å². The third-order valence-electron chi connectivity index (χ3n) is 4.07. The molecule has 0 bridgehead atoms. The number of nitrogens with zero attached hydrogens (tertiary/aromatic N) is 4. The van der Waals surface area contributed by atoms with Gasteiger partial charge in [0.05, 0.1) is 0 Å². The Morgan fingerprint density at radius 3 is 2.81 bits per heavy atom.